The number of fused-ring (bicyclic) bond motifs is 1. The van der Waals surface area contributed by atoms with Gasteiger partial charge in [0.05, 0.1) is 11.1 Å². The molecule has 0 atom stereocenters. The molecule has 0 heterocycles. The molecule has 0 aromatic heterocycles. The Kier molecular flexibility index (Phi) is 2.81. The van der Waals surface area contributed by atoms with E-state index in [9.17, 15) is 10.5 Å². The number of hydrogen-bond donors (Lipinski definition) is 0. The van der Waals surface area contributed by atoms with Crippen LogP contribution in [0.25, 0.3) is 11.1 Å². The van der Waals surface area contributed by atoms with Crippen molar-refractivity contribution in [3.8, 4) is 23.3 Å². The van der Waals surface area contributed by atoms with Crippen LogP contribution in [0.15, 0.2) is 24.3 Å². The average Bonchev–Trinajstić information content (AvgIpc) is 2.41. The van der Waals surface area contributed by atoms with Crippen molar-refractivity contribution < 1.29 is 0 Å². The molecule has 3 rings (SSSR count). The molecule has 20 heavy (non-hydrogen) atoms. The monoisotopic (exact) mass is 258 g/mol. The van der Waals surface area contributed by atoms with Crippen LogP contribution < -0.4 is 0 Å². The smallest absolute Gasteiger partial charge is 0.101 e. The van der Waals surface area contributed by atoms with Crippen LogP contribution in [0.3, 0.4) is 0 Å². The molecule has 0 unspecified atom stereocenters. The maximum absolute atomic E-state index is 9.44. The van der Waals surface area contributed by atoms with Crippen LogP contribution in [-0.2, 0) is 12.8 Å². The van der Waals surface area contributed by atoms with E-state index in [2.05, 4.69) is 31.2 Å². The summed E-state index contributed by atoms with van der Waals surface area (Å²) in [6.45, 7) is 4.11. The molecule has 0 aliphatic heterocycles. The average molecular weight is 258 g/mol. The molecule has 0 amide bonds. The Hall–Kier alpha value is -2.58. The van der Waals surface area contributed by atoms with Gasteiger partial charge >= 0.3 is 0 Å². The number of benzene rings is 2. The Morgan fingerprint density at radius 1 is 0.950 bits per heavy atom. The minimum Gasteiger partial charge on any atom is -0.192 e. The van der Waals surface area contributed by atoms with Crippen molar-refractivity contribution in [1.82, 2.24) is 0 Å². The van der Waals surface area contributed by atoms with E-state index >= 15 is 0 Å². The predicted octanol–water partition coefficient (Wildman–Crippen LogP) is 3.81. The summed E-state index contributed by atoms with van der Waals surface area (Å²) in [6.07, 6.45) is 2.27. The third-order valence-corrected chi connectivity index (χ3v) is 4.26. The van der Waals surface area contributed by atoms with Crippen molar-refractivity contribution in [2.75, 3.05) is 0 Å². The number of aryl methyl sites for hydroxylation is 2. The Balaban J connectivity index is 2.34. The van der Waals surface area contributed by atoms with Gasteiger partial charge in [-0.2, -0.15) is 10.5 Å². The van der Waals surface area contributed by atoms with Crippen molar-refractivity contribution in [2.24, 2.45) is 0 Å². The Bertz CT molecular complexity index is 802. The first kappa shape index (κ1) is 12.5. The topological polar surface area (TPSA) is 47.6 Å². The van der Waals surface area contributed by atoms with Gasteiger partial charge in [-0.1, -0.05) is 18.2 Å². The van der Waals surface area contributed by atoms with Crippen molar-refractivity contribution in [2.45, 2.75) is 26.7 Å². The molecule has 1 aliphatic carbocycles. The summed E-state index contributed by atoms with van der Waals surface area (Å²) < 4.78 is 0. The van der Waals surface area contributed by atoms with E-state index in [0.717, 1.165) is 29.5 Å². The van der Waals surface area contributed by atoms with Crippen LogP contribution in [0.1, 0.15) is 33.4 Å². The highest BCUT2D eigenvalue weighted by Gasteiger charge is 2.21. The lowest BCUT2D eigenvalue weighted by Gasteiger charge is -2.24. The van der Waals surface area contributed by atoms with Crippen LogP contribution in [0, 0.1) is 36.5 Å². The zero-order valence-corrected chi connectivity index (χ0v) is 11.6. The van der Waals surface area contributed by atoms with Gasteiger partial charge < -0.3 is 0 Å². The fourth-order valence-corrected chi connectivity index (χ4v) is 3.01. The first-order valence-corrected chi connectivity index (χ1v) is 6.73. The van der Waals surface area contributed by atoms with Gasteiger partial charge in [-0.15, -0.1) is 0 Å². The first-order valence-electron chi connectivity index (χ1n) is 6.73. The van der Waals surface area contributed by atoms with E-state index in [1.807, 2.05) is 13.0 Å². The fourth-order valence-electron chi connectivity index (χ4n) is 3.01. The summed E-state index contributed by atoms with van der Waals surface area (Å²) in [7, 11) is 0. The standard InChI is InChI=1S/C18H14N2/c1-11-3-4-14(9-19)17(10-20)18(11)16-8-6-13-5-7-15(13)12(16)2/h3-4,6,8H,5,7H2,1-2H3. The Labute approximate surface area is 118 Å². The van der Waals surface area contributed by atoms with Crippen molar-refractivity contribution >= 4 is 0 Å². The van der Waals surface area contributed by atoms with Crippen molar-refractivity contribution in [3.63, 3.8) is 0 Å². The van der Waals surface area contributed by atoms with Gasteiger partial charge in [0.1, 0.15) is 12.1 Å². The summed E-state index contributed by atoms with van der Waals surface area (Å²) in [5, 5.41) is 18.6. The molecule has 96 valence electrons. The lowest BCUT2D eigenvalue weighted by Crippen LogP contribution is -2.11. The van der Waals surface area contributed by atoms with Gasteiger partial charge in [0, 0.05) is 5.56 Å². The van der Waals surface area contributed by atoms with E-state index in [1.54, 1.807) is 6.07 Å². The molecule has 0 fully saturated rings. The lowest BCUT2D eigenvalue weighted by molar-refractivity contribution is 0.828. The summed E-state index contributed by atoms with van der Waals surface area (Å²) in [5.41, 5.74) is 8.08. The van der Waals surface area contributed by atoms with Crippen LogP contribution >= 0.6 is 0 Å². The van der Waals surface area contributed by atoms with Crippen molar-refractivity contribution in [3.05, 3.63) is 57.6 Å². The predicted molar refractivity (Wildman–Crippen MR) is 78.2 cm³/mol. The Morgan fingerprint density at radius 3 is 2.35 bits per heavy atom. The molecule has 1 aliphatic rings. The highest BCUT2D eigenvalue weighted by molar-refractivity contribution is 5.80. The Morgan fingerprint density at radius 2 is 1.75 bits per heavy atom. The first-order chi connectivity index (χ1) is 9.67. The summed E-state index contributed by atoms with van der Waals surface area (Å²) in [4.78, 5) is 0. The molecule has 2 nitrogen and oxygen atoms in total. The zero-order chi connectivity index (χ0) is 14.3. The van der Waals surface area contributed by atoms with Gasteiger partial charge in [-0.3, -0.25) is 0 Å². The van der Waals surface area contributed by atoms with E-state index in [-0.39, 0.29) is 0 Å². The van der Waals surface area contributed by atoms with E-state index in [1.165, 1.54) is 16.7 Å². The maximum atomic E-state index is 9.44. The summed E-state index contributed by atoms with van der Waals surface area (Å²) >= 11 is 0. The molecular weight excluding hydrogens is 244 g/mol. The second-order valence-corrected chi connectivity index (χ2v) is 5.28. The third-order valence-electron chi connectivity index (χ3n) is 4.26. The minimum absolute atomic E-state index is 0.454. The molecule has 0 N–H and O–H groups in total. The van der Waals surface area contributed by atoms with Gasteiger partial charge in [0.2, 0.25) is 0 Å². The number of nitriles is 2. The van der Waals surface area contributed by atoms with Gasteiger partial charge in [0.25, 0.3) is 0 Å². The van der Waals surface area contributed by atoms with E-state index < -0.39 is 0 Å². The van der Waals surface area contributed by atoms with Crippen molar-refractivity contribution in [1.29, 1.82) is 10.5 Å². The number of rotatable bonds is 1. The molecule has 2 aromatic carbocycles. The van der Waals surface area contributed by atoms with E-state index in [4.69, 9.17) is 0 Å². The lowest BCUT2D eigenvalue weighted by atomic mass is 9.80. The molecule has 0 radical (unpaired) electrons. The van der Waals surface area contributed by atoms with Crippen LogP contribution in [-0.4, -0.2) is 0 Å². The molecular formula is C18H14N2. The SMILES string of the molecule is Cc1ccc(C#N)c(C#N)c1-c1ccc2c(c1C)CC2. The van der Waals surface area contributed by atoms with Crippen LogP contribution in [0.2, 0.25) is 0 Å². The maximum Gasteiger partial charge on any atom is 0.101 e. The highest BCUT2D eigenvalue weighted by atomic mass is 14.3. The van der Waals surface area contributed by atoms with Gasteiger partial charge in [-0.25, -0.2) is 0 Å². The normalized spacial score (nSPS) is 12.0. The quantitative estimate of drug-likeness (QED) is 0.780. The molecule has 0 spiro atoms. The zero-order valence-electron chi connectivity index (χ0n) is 11.6. The molecule has 0 saturated carbocycles. The van der Waals surface area contributed by atoms with E-state index in [0.29, 0.717) is 11.1 Å². The summed E-state index contributed by atoms with van der Waals surface area (Å²) in [5.74, 6) is 0. The third kappa shape index (κ3) is 1.63. The second kappa shape index (κ2) is 4.51. The fraction of sp³-hybridized carbons (Fsp3) is 0.222. The summed E-state index contributed by atoms with van der Waals surface area (Å²) in [6, 6.07) is 12.2. The highest BCUT2D eigenvalue weighted by Crippen LogP contribution is 2.37. The van der Waals surface area contributed by atoms with Crippen LogP contribution in [0.4, 0.5) is 0 Å². The number of hydrogen-bond acceptors (Lipinski definition) is 2. The molecule has 2 heteroatoms. The second-order valence-electron chi connectivity index (χ2n) is 5.28. The molecule has 0 bridgehead atoms. The molecule has 0 saturated heterocycles. The minimum atomic E-state index is 0.454. The van der Waals surface area contributed by atoms with Gasteiger partial charge in [-0.05, 0) is 60.6 Å². The number of nitrogens with zero attached hydrogens (tertiary/aromatic N) is 2. The largest absolute Gasteiger partial charge is 0.192 e. The molecule has 2 aromatic rings. The van der Waals surface area contributed by atoms with Crippen LogP contribution in [0.5, 0.6) is 0 Å². The van der Waals surface area contributed by atoms with Gasteiger partial charge in [0.15, 0.2) is 0 Å².